The minimum atomic E-state index is -6.40. The molecule has 0 aliphatic carbocycles. The van der Waals surface area contributed by atoms with Crippen molar-refractivity contribution in [2.75, 3.05) is 17.2 Å². The van der Waals surface area contributed by atoms with E-state index in [0.717, 1.165) is 11.5 Å². The molecule has 0 aliphatic rings. The van der Waals surface area contributed by atoms with E-state index in [-0.39, 0.29) is 5.69 Å². The second-order valence-electron chi connectivity index (χ2n) is 7.09. The van der Waals surface area contributed by atoms with Crippen molar-refractivity contribution in [2.45, 2.75) is 24.2 Å². The first-order chi connectivity index (χ1) is 15.9. The van der Waals surface area contributed by atoms with Crippen LogP contribution in [0.3, 0.4) is 0 Å². The number of benzene rings is 3. The van der Waals surface area contributed by atoms with Crippen LogP contribution in [0.25, 0.3) is 10.8 Å². The lowest BCUT2D eigenvalue weighted by molar-refractivity contribution is -0.342. The van der Waals surface area contributed by atoms with E-state index in [1.165, 1.54) is 18.2 Å². The number of halogens is 8. The number of urea groups is 1. The Morgan fingerprint density at radius 1 is 0.794 bits per heavy atom. The van der Waals surface area contributed by atoms with Gasteiger partial charge in [-0.25, -0.2) is 13.6 Å². The molecular weight excluding hydrogens is 476 g/mol. The topological polar surface area (TPSA) is 50.4 Å². The molecule has 12 heteroatoms. The minimum absolute atomic E-state index is 0.264. The van der Waals surface area contributed by atoms with Crippen molar-refractivity contribution in [1.29, 1.82) is 0 Å². The predicted octanol–water partition coefficient (Wildman–Crippen LogP) is 7.03. The summed E-state index contributed by atoms with van der Waals surface area (Å²) in [5.41, 5.74) is 0.134. The highest BCUT2D eigenvalue weighted by Crippen LogP contribution is 2.48. The number of hydrogen-bond acceptors (Lipinski definition) is 2. The fourth-order valence-corrected chi connectivity index (χ4v) is 2.95. The number of amides is 2. The Labute approximate surface area is 187 Å². The number of fused-ring (bicyclic) bond motifs is 1. The third-order valence-corrected chi connectivity index (χ3v) is 4.73. The fraction of sp³-hybridized carbons (Fsp3) is 0.227. The molecule has 4 nitrogen and oxygen atoms in total. The van der Waals surface area contributed by atoms with E-state index in [0.29, 0.717) is 11.1 Å². The number of carbonyl (C=O) groups is 1. The maximum absolute atomic E-state index is 13.8. The summed E-state index contributed by atoms with van der Waals surface area (Å²) < 4.78 is 110. The first-order valence-corrected chi connectivity index (χ1v) is 9.56. The van der Waals surface area contributed by atoms with Gasteiger partial charge in [0.05, 0.1) is 11.4 Å². The monoisotopic (exact) mass is 492 g/mol. The Morgan fingerprint density at radius 3 is 2.06 bits per heavy atom. The van der Waals surface area contributed by atoms with Crippen LogP contribution in [0.5, 0.6) is 5.75 Å². The molecule has 0 heterocycles. The fourth-order valence-electron chi connectivity index (χ4n) is 2.95. The van der Waals surface area contributed by atoms with Crippen LogP contribution in [-0.4, -0.2) is 36.8 Å². The van der Waals surface area contributed by atoms with Crippen LogP contribution in [-0.2, 0) is 0 Å². The molecular formula is C22H16F8N2O2. The Kier molecular flexibility index (Phi) is 6.89. The summed E-state index contributed by atoms with van der Waals surface area (Å²) in [6, 6.07) is 16.0. The second-order valence-corrected chi connectivity index (χ2v) is 7.09. The molecule has 0 bridgehead atoms. The average molecular weight is 492 g/mol. The van der Waals surface area contributed by atoms with Gasteiger partial charge in [0.2, 0.25) is 0 Å². The molecule has 2 amide bonds. The van der Waals surface area contributed by atoms with Gasteiger partial charge in [0.15, 0.2) is 6.61 Å². The number of carbonyl (C=O) groups excluding carboxylic acids is 1. The zero-order valence-corrected chi connectivity index (χ0v) is 17.0. The van der Waals surface area contributed by atoms with E-state index in [9.17, 15) is 39.9 Å². The predicted molar refractivity (Wildman–Crippen MR) is 109 cm³/mol. The molecule has 0 fully saturated rings. The van der Waals surface area contributed by atoms with Crippen LogP contribution >= 0.6 is 0 Å². The van der Waals surface area contributed by atoms with Crippen molar-refractivity contribution in [3.05, 3.63) is 66.7 Å². The molecule has 0 aliphatic heterocycles. The number of alkyl halides is 8. The molecule has 0 saturated carbocycles. The largest absolute Gasteiger partial charge is 0.485 e. The lowest BCUT2D eigenvalue weighted by Crippen LogP contribution is -2.59. The number of ether oxygens (including phenoxy) is 1. The highest BCUT2D eigenvalue weighted by Gasteiger charge is 2.75. The van der Waals surface area contributed by atoms with E-state index < -0.39 is 42.6 Å². The SMILES string of the molecule is O=C(Nc1ccccc1OCC(F)(F)C(F)(F)C(F)(F)C(F)F)Nc1cccc2ccccc12. The quantitative estimate of drug-likeness (QED) is 0.332. The van der Waals surface area contributed by atoms with Crippen molar-refractivity contribution < 1.29 is 44.7 Å². The highest BCUT2D eigenvalue weighted by atomic mass is 19.4. The van der Waals surface area contributed by atoms with Gasteiger partial charge in [0.1, 0.15) is 5.75 Å². The zero-order valence-electron chi connectivity index (χ0n) is 17.0. The van der Waals surface area contributed by atoms with Gasteiger partial charge in [-0.05, 0) is 23.6 Å². The number of nitrogens with one attached hydrogen (secondary N) is 2. The maximum Gasteiger partial charge on any atom is 0.381 e. The van der Waals surface area contributed by atoms with Crippen molar-refractivity contribution in [2.24, 2.45) is 0 Å². The first-order valence-electron chi connectivity index (χ1n) is 9.56. The van der Waals surface area contributed by atoms with E-state index >= 15 is 0 Å². The number of rotatable bonds is 8. The standard InChI is InChI=1S/C22H16F8N2O2/c23-18(24)21(27,28)22(29,30)20(25,26)12-34-17-11-4-3-9-16(17)32-19(33)31-15-10-5-7-13-6-1-2-8-14(13)15/h1-11,18H,12H2,(H2,31,32,33). The summed E-state index contributed by atoms with van der Waals surface area (Å²) in [6.45, 7) is -2.36. The van der Waals surface area contributed by atoms with Crippen LogP contribution in [0.4, 0.5) is 51.3 Å². The molecule has 0 unspecified atom stereocenters. The molecule has 0 saturated heterocycles. The van der Waals surface area contributed by atoms with Gasteiger partial charge in [-0.3, -0.25) is 0 Å². The van der Waals surface area contributed by atoms with Crippen LogP contribution < -0.4 is 15.4 Å². The van der Waals surface area contributed by atoms with Gasteiger partial charge < -0.3 is 15.4 Å². The number of hydrogen-bond donors (Lipinski definition) is 2. The highest BCUT2D eigenvalue weighted by molar-refractivity contribution is 6.06. The smallest absolute Gasteiger partial charge is 0.381 e. The number of anilines is 2. The molecule has 0 radical (unpaired) electrons. The molecule has 3 aromatic carbocycles. The lowest BCUT2D eigenvalue weighted by atomic mass is 10.1. The third-order valence-electron chi connectivity index (χ3n) is 4.73. The normalized spacial score (nSPS) is 12.6. The van der Waals surface area contributed by atoms with Crippen molar-refractivity contribution in [3.8, 4) is 5.75 Å². The molecule has 182 valence electrons. The van der Waals surface area contributed by atoms with Gasteiger partial charge in [0, 0.05) is 5.39 Å². The van der Waals surface area contributed by atoms with E-state index in [2.05, 4.69) is 15.4 Å². The summed E-state index contributed by atoms with van der Waals surface area (Å²) in [6.07, 6.45) is -5.03. The summed E-state index contributed by atoms with van der Waals surface area (Å²) in [5, 5.41) is 6.30. The molecule has 2 N–H and O–H groups in total. The molecule has 34 heavy (non-hydrogen) atoms. The van der Waals surface area contributed by atoms with Gasteiger partial charge >= 0.3 is 30.2 Å². The van der Waals surface area contributed by atoms with Gasteiger partial charge in [-0.2, -0.15) is 26.3 Å². The Morgan fingerprint density at radius 2 is 1.35 bits per heavy atom. The van der Waals surface area contributed by atoms with Crippen molar-refractivity contribution >= 4 is 28.2 Å². The Hall–Kier alpha value is -3.57. The summed E-state index contributed by atoms with van der Waals surface area (Å²) >= 11 is 0. The zero-order chi connectivity index (χ0) is 25.1. The Balaban J connectivity index is 1.74. The van der Waals surface area contributed by atoms with Gasteiger partial charge in [-0.15, -0.1) is 0 Å². The number of para-hydroxylation sites is 2. The molecule has 0 atom stereocenters. The second kappa shape index (κ2) is 9.35. The van der Waals surface area contributed by atoms with Gasteiger partial charge in [0.25, 0.3) is 0 Å². The molecule has 3 aromatic rings. The van der Waals surface area contributed by atoms with Gasteiger partial charge in [-0.1, -0.05) is 48.5 Å². The summed E-state index contributed by atoms with van der Waals surface area (Å²) in [4.78, 5) is 12.4. The average Bonchev–Trinajstić information content (AvgIpc) is 2.78. The summed E-state index contributed by atoms with van der Waals surface area (Å²) in [5.74, 6) is -18.9. The Bertz CT molecular complexity index is 1170. The van der Waals surface area contributed by atoms with Crippen LogP contribution in [0.15, 0.2) is 66.7 Å². The van der Waals surface area contributed by atoms with Crippen LogP contribution in [0, 0.1) is 0 Å². The molecule has 0 spiro atoms. The van der Waals surface area contributed by atoms with Crippen molar-refractivity contribution in [3.63, 3.8) is 0 Å². The lowest BCUT2D eigenvalue weighted by Gasteiger charge is -2.32. The van der Waals surface area contributed by atoms with Crippen LogP contribution in [0.1, 0.15) is 0 Å². The van der Waals surface area contributed by atoms with E-state index in [1.807, 2.05) is 0 Å². The van der Waals surface area contributed by atoms with Crippen LogP contribution in [0.2, 0.25) is 0 Å². The maximum atomic E-state index is 13.8. The third kappa shape index (κ3) is 4.85. The first kappa shape index (κ1) is 25.1. The molecule has 3 rings (SSSR count). The minimum Gasteiger partial charge on any atom is -0.485 e. The summed E-state index contributed by atoms with van der Waals surface area (Å²) in [7, 11) is 0. The van der Waals surface area contributed by atoms with E-state index in [1.54, 1.807) is 42.5 Å². The molecule has 0 aromatic heterocycles. The van der Waals surface area contributed by atoms with Crippen molar-refractivity contribution in [1.82, 2.24) is 0 Å². The van der Waals surface area contributed by atoms with E-state index in [4.69, 9.17) is 0 Å².